The van der Waals surface area contributed by atoms with Gasteiger partial charge in [-0.25, -0.2) is 4.79 Å². The zero-order valence-corrected chi connectivity index (χ0v) is 11.6. The van der Waals surface area contributed by atoms with E-state index >= 15 is 0 Å². The number of nitrogens with one attached hydrogen (secondary N) is 2. The molecule has 23 heavy (non-hydrogen) atoms. The van der Waals surface area contributed by atoms with Crippen molar-refractivity contribution in [1.82, 2.24) is 0 Å². The Labute approximate surface area is 129 Å². The number of hydrogen-bond donors (Lipinski definition) is 3. The average Bonchev–Trinajstić information content (AvgIpc) is 2.49. The number of amides is 3. The Morgan fingerprint density at radius 1 is 1.13 bits per heavy atom. The van der Waals surface area contributed by atoms with Crippen LogP contribution < -0.4 is 16.4 Å². The molecule has 0 aromatic heterocycles. The second-order valence-corrected chi connectivity index (χ2v) is 4.41. The summed E-state index contributed by atoms with van der Waals surface area (Å²) in [5, 5.41) is 15.4. The normalized spacial score (nSPS) is 9.96. The van der Waals surface area contributed by atoms with Crippen molar-refractivity contribution in [3.8, 4) is 0 Å². The maximum absolute atomic E-state index is 13.2. The third-order valence-electron chi connectivity index (χ3n) is 2.84. The van der Waals surface area contributed by atoms with Crippen molar-refractivity contribution in [3.05, 3.63) is 64.0 Å². The largest absolute Gasteiger partial charge is 0.366 e. The number of urea groups is 1. The topological polar surface area (TPSA) is 127 Å². The first-order valence-corrected chi connectivity index (χ1v) is 6.29. The van der Waals surface area contributed by atoms with E-state index in [1.807, 2.05) is 0 Å². The van der Waals surface area contributed by atoms with Crippen LogP contribution in [0.4, 0.5) is 26.2 Å². The highest BCUT2D eigenvalue weighted by Crippen LogP contribution is 2.22. The minimum Gasteiger partial charge on any atom is -0.366 e. The summed E-state index contributed by atoms with van der Waals surface area (Å²) in [5.41, 5.74) is 4.72. The van der Waals surface area contributed by atoms with Crippen LogP contribution in [0, 0.1) is 15.9 Å². The fourth-order valence-electron chi connectivity index (χ4n) is 1.82. The number of carbonyl (C=O) groups excluding carboxylic acids is 2. The summed E-state index contributed by atoms with van der Waals surface area (Å²) in [6, 6.07) is 8.21. The highest BCUT2D eigenvalue weighted by atomic mass is 19.1. The van der Waals surface area contributed by atoms with E-state index in [-0.39, 0.29) is 16.9 Å². The minimum atomic E-state index is -1.01. The molecule has 0 aliphatic heterocycles. The third-order valence-corrected chi connectivity index (χ3v) is 2.84. The molecule has 0 saturated heterocycles. The van der Waals surface area contributed by atoms with E-state index < -0.39 is 28.4 Å². The molecule has 0 radical (unpaired) electrons. The smallest absolute Gasteiger partial charge is 0.323 e. The van der Waals surface area contributed by atoms with Crippen molar-refractivity contribution in [2.75, 3.05) is 10.6 Å². The first-order valence-electron chi connectivity index (χ1n) is 6.29. The lowest BCUT2D eigenvalue weighted by molar-refractivity contribution is -0.387. The van der Waals surface area contributed by atoms with E-state index in [1.54, 1.807) is 12.1 Å². The van der Waals surface area contributed by atoms with E-state index in [4.69, 9.17) is 5.73 Å². The van der Waals surface area contributed by atoms with Gasteiger partial charge in [0.25, 0.3) is 5.91 Å². The van der Waals surface area contributed by atoms with Crippen molar-refractivity contribution < 1.29 is 18.9 Å². The van der Waals surface area contributed by atoms with Gasteiger partial charge in [0, 0.05) is 11.8 Å². The van der Waals surface area contributed by atoms with E-state index in [0.717, 1.165) is 12.1 Å². The van der Waals surface area contributed by atoms with E-state index in [2.05, 4.69) is 10.6 Å². The lowest BCUT2D eigenvalue weighted by atomic mass is 10.1. The highest BCUT2D eigenvalue weighted by Gasteiger charge is 2.16. The van der Waals surface area contributed by atoms with Crippen LogP contribution in [-0.4, -0.2) is 16.9 Å². The maximum atomic E-state index is 13.2. The standard InChI is InChI=1S/C14H11FN4O4/c15-10-6-5-8(7-12(10)19(22)23)17-14(21)18-11-4-2-1-3-9(11)13(16)20/h1-7H,(H2,16,20)(H2,17,18,21). The predicted molar refractivity (Wildman–Crippen MR) is 80.7 cm³/mol. The highest BCUT2D eigenvalue weighted by molar-refractivity contribution is 6.06. The third kappa shape index (κ3) is 3.79. The van der Waals surface area contributed by atoms with Gasteiger partial charge in [-0.3, -0.25) is 14.9 Å². The van der Waals surface area contributed by atoms with E-state index in [9.17, 15) is 24.1 Å². The lowest BCUT2D eigenvalue weighted by Gasteiger charge is -2.10. The molecule has 118 valence electrons. The van der Waals surface area contributed by atoms with Crippen LogP contribution in [-0.2, 0) is 0 Å². The number of nitrogens with zero attached hydrogens (tertiary/aromatic N) is 1. The van der Waals surface area contributed by atoms with Gasteiger partial charge in [0.2, 0.25) is 5.82 Å². The molecule has 0 atom stereocenters. The second kappa shape index (κ2) is 6.52. The molecule has 0 saturated carbocycles. The summed E-state index contributed by atoms with van der Waals surface area (Å²) in [4.78, 5) is 32.9. The van der Waals surface area contributed by atoms with Gasteiger partial charge in [-0.15, -0.1) is 0 Å². The van der Waals surface area contributed by atoms with Crippen molar-refractivity contribution in [3.63, 3.8) is 0 Å². The first-order chi connectivity index (χ1) is 10.9. The average molecular weight is 318 g/mol. The van der Waals surface area contributed by atoms with Gasteiger partial charge < -0.3 is 16.4 Å². The second-order valence-electron chi connectivity index (χ2n) is 4.41. The number of anilines is 2. The maximum Gasteiger partial charge on any atom is 0.323 e. The van der Waals surface area contributed by atoms with E-state index in [1.165, 1.54) is 18.2 Å². The Morgan fingerprint density at radius 2 is 1.83 bits per heavy atom. The molecule has 2 aromatic rings. The molecule has 8 nitrogen and oxygen atoms in total. The van der Waals surface area contributed by atoms with Gasteiger partial charge in [-0.1, -0.05) is 12.1 Å². The molecule has 0 fully saturated rings. The molecule has 0 aliphatic carbocycles. The number of carbonyl (C=O) groups is 2. The number of nitro groups is 1. The minimum absolute atomic E-state index is 0.0205. The van der Waals surface area contributed by atoms with Crippen molar-refractivity contribution in [1.29, 1.82) is 0 Å². The number of halogens is 1. The zero-order chi connectivity index (χ0) is 17.0. The van der Waals surface area contributed by atoms with Crippen LogP contribution >= 0.6 is 0 Å². The number of benzene rings is 2. The number of primary amides is 1. The van der Waals surface area contributed by atoms with Gasteiger partial charge in [-0.05, 0) is 24.3 Å². The molecule has 0 aliphatic rings. The molecule has 0 unspecified atom stereocenters. The quantitative estimate of drug-likeness (QED) is 0.591. The first kappa shape index (κ1) is 15.9. The van der Waals surface area contributed by atoms with Crippen molar-refractivity contribution in [2.24, 2.45) is 5.73 Å². The van der Waals surface area contributed by atoms with Gasteiger partial charge in [0.05, 0.1) is 16.2 Å². The lowest BCUT2D eigenvalue weighted by Crippen LogP contribution is -2.22. The van der Waals surface area contributed by atoms with Crippen molar-refractivity contribution in [2.45, 2.75) is 0 Å². The summed E-state index contributed by atoms with van der Waals surface area (Å²) in [7, 11) is 0. The van der Waals surface area contributed by atoms with Crippen LogP contribution in [0.1, 0.15) is 10.4 Å². The molecule has 4 N–H and O–H groups in total. The van der Waals surface area contributed by atoms with Crippen LogP contribution in [0.15, 0.2) is 42.5 Å². The number of nitrogens with two attached hydrogens (primary N) is 1. The number of para-hydroxylation sites is 1. The Balaban J connectivity index is 2.16. The number of hydrogen-bond acceptors (Lipinski definition) is 4. The van der Waals surface area contributed by atoms with Crippen molar-refractivity contribution >= 4 is 29.0 Å². The molecule has 9 heteroatoms. The summed E-state index contributed by atoms with van der Waals surface area (Å²) < 4.78 is 13.2. The molecular formula is C14H11FN4O4. The summed E-state index contributed by atoms with van der Waals surface area (Å²) >= 11 is 0. The number of rotatable bonds is 4. The summed E-state index contributed by atoms with van der Waals surface area (Å²) in [6.45, 7) is 0. The van der Waals surface area contributed by atoms with Crippen LogP contribution in [0.3, 0.4) is 0 Å². The Bertz CT molecular complexity index is 794. The molecule has 0 bridgehead atoms. The summed E-state index contributed by atoms with van der Waals surface area (Å²) in [5.74, 6) is -1.74. The Morgan fingerprint density at radius 3 is 2.48 bits per heavy atom. The van der Waals surface area contributed by atoms with Crippen LogP contribution in [0.25, 0.3) is 0 Å². The molecule has 0 spiro atoms. The number of nitro benzene ring substituents is 1. The summed E-state index contributed by atoms with van der Waals surface area (Å²) in [6.07, 6.45) is 0. The van der Waals surface area contributed by atoms with Gasteiger partial charge in [-0.2, -0.15) is 4.39 Å². The molecular weight excluding hydrogens is 307 g/mol. The predicted octanol–water partition coefficient (Wildman–Crippen LogP) is 2.48. The van der Waals surface area contributed by atoms with Crippen LogP contribution in [0.5, 0.6) is 0 Å². The Hall–Kier alpha value is -3.49. The van der Waals surface area contributed by atoms with Gasteiger partial charge in [0.15, 0.2) is 0 Å². The molecule has 2 rings (SSSR count). The fraction of sp³-hybridized carbons (Fsp3) is 0. The fourth-order valence-corrected chi connectivity index (χ4v) is 1.82. The van der Waals surface area contributed by atoms with Gasteiger partial charge in [0.1, 0.15) is 0 Å². The van der Waals surface area contributed by atoms with E-state index in [0.29, 0.717) is 0 Å². The molecule has 3 amide bonds. The molecule has 0 heterocycles. The van der Waals surface area contributed by atoms with Crippen LogP contribution in [0.2, 0.25) is 0 Å². The molecule has 2 aromatic carbocycles. The van der Waals surface area contributed by atoms with Gasteiger partial charge >= 0.3 is 11.7 Å². The Kier molecular flexibility index (Phi) is 4.50. The monoisotopic (exact) mass is 318 g/mol. The SMILES string of the molecule is NC(=O)c1ccccc1NC(=O)Nc1ccc(F)c([N+](=O)[O-])c1. The zero-order valence-electron chi connectivity index (χ0n) is 11.6.